The molecule has 0 saturated carbocycles. The first-order chi connectivity index (χ1) is 16.0. The first-order valence-corrected chi connectivity index (χ1v) is 10.8. The lowest BCUT2D eigenvalue weighted by Crippen LogP contribution is -2.54. The molecule has 1 saturated heterocycles. The summed E-state index contributed by atoms with van der Waals surface area (Å²) in [4.78, 5) is 30.5. The van der Waals surface area contributed by atoms with Gasteiger partial charge in [-0.15, -0.1) is 0 Å². The van der Waals surface area contributed by atoms with E-state index in [9.17, 15) is 9.18 Å². The predicted molar refractivity (Wildman–Crippen MR) is 133 cm³/mol. The van der Waals surface area contributed by atoms with E-state index in [0.29, 0.717) is 47.7 Å². The van der Waals surface area contributed by atoms with E-state index in [0.717, 1.165) is 5.56 Å². The number of hydrogen-bond donors (Lipinski definition) is 1. The van der Waals surface area contributed by atoms with Crippen LogP contribution in [0.5, 0.6) is 0 Å². The molecule has 4 aromatic rings. The highest BCUT2D eigenvalue weighted by molar-refractivity contribution is 5.94. The van der Waals surface area contributed by atoms with Crippen molar-refractivity contribution in [2.45, 2.75) is 20.4 Å². The van der Waals surface area contributed by atoms with Gasteiger partial charge in [-0.2, -0.15) is 4.98 Å². The Kier molecular flexibility index (Phi) is 6.40. The van der Waals surface area contributed by atoms with Gasteiger partial charge >= 0.3 is 0 Å². The normalized spacial score (nSPS) is 15.8. The van der Waals surface area contributed by atoms with Gasteiger partial charge in [-0.25, -0.2) is 14.4 Å². The third-order valence-corrected chi connectivity index (χ3v) is 5.89. The summed E-state index contributed by atoms with van der Waals surface area (Å²) >= 11 is 0. The summed E-state index contributed by atoms with van der Waals surface area (Å²) < 4.78 is 13.4. The van der Waals surface area contributed by atoms with Gasteiger partial charge in [-0.1, -0.05) is 25.6 Å². The van der Waals surface area contributed by atoms with Crippen LogP contribution in [-0.2, 0) is 0 Å². The van der Waals surface area contributed by atoms with Crippen LogP contribution < -0.4 is 10.6 Å². The van der Waals surface area contributed by atoms with Crippen LogP contribution >= 0.6 is 0 Å². The quantitative estimate of drug-likeness (QED) is 0.490. The molecular formula is C26H27FN6O. The highest BCUT2D eigenvalue weighted by Gasteiger charge is 2.30. The second-order valence-electron chi connectivity index (χ2n) is 8.14. The molecule has 1 aliphatic heterocycles. The molecule has 2 aromatic carbocycles. The molecule has 1 amide bonds. The van der Waals surface area contributed by atoms with Gasteiger partial charge in [0.05, 0.1) is 11.2 Å². The number of piperazine rings is 1. The Morgan fingerprint density at radius 3 is 2.41 bits per heavy atom. The second-order valence-corrected chi connectivity index (χ2v) is 8.14. The molecule has 7 nitrogen and oxygen atoms in total. The number of pyridine rings is 1. The number of anilines is 2. The summed E-state index contributed by atoms with van der Waals surface area (Å²) in [5.74, 6) is 0.531. The van der Waals surface area contributed by atoms with Crippen molar-refractivity contribution in [2.24, 2.45) is 0 Å². The van der Waals surface area contributed by atoms with Gasteiger partial charge in [-0.3, -0.25) is 4.79 Å². The monoisotopic (exact) mass is 458 g/mol. The minimum absolute atomic E-state index is 0. The van der Waals surface area contributed by atoms with Crippen LogP contribution in [0.1, 0.15) is 24.7 Å². The molecule has 2 N–H and O–H groups in total. The lowest BCUT2D eigenvalue weighted by atomic mass is 10.1. The molecule has 0 radical (unpaired) electrons. The maximum absolute atomic E-state index is 13.4. The number of amides is 1. The Morgan fingerprint density at radius 1 is 0.971 bits per heavy atom. The molecule has 8 heteroatoms. The van der Waals surface area contributed by atoms with Crippen LogP contribution in [0, 0.1) is 5.82 Å². The number of benzene rings is 2. The predicted octanol–water partition coefficient (Wildman–Crippen LogP) is 4.40. The molecule has 34 heavy (non-hydrogen) atoms. The summed E-state index contributed by atoms with van der Waals surface area (Å²) in [6.07, 6.45) is 0. The summed E-state index contributed by atoms with van der Waals surface area (Å²) in [6, 6.07) is 19.2. The Morgan fingerprint density at radius 2 is 1.71 bits per heavy atom. The number of hydrogen-bond acceptors (Lipinski definition) is 6. The largest absolute Gasteiger partial charge is 0.368 e. The fourth-order valence-electron chi connectivity index (χ4n) is 4.22. The fourth-order valence-corrected chi connectivity index (χ4v) is 4.22. The average molecular weight is 459 g/mol. The first-order valence-electron chi connectivity index (χ1n) is 10.8. The number of carbonyl (C=O) groups is 1. The van der Waals surface area contributed by atoms with E-state index >= 15 is 0 Å². The standard InChI is InChI=1S/C25H23FN6O.CH4/c1-16-15-31(24(33)18-5-3-2-4-6-18)13-14-32(16)23-22-21(29-25(27)30-23)12-11-20(28-22)17-7-9-19(26)10-8-17;/h2-12,16H,13-15H2,1H3,(H2,27,29,30);1H4/t16-;/m1./s1. The van der Waals surface area contributed by atoms with Crippen LogP contribution in [0.4, 0.5) is 16.2 Å². The van der Waals surface area contributed by atoms with Crippen molar-refractivity contribution in [3.8, 4) is 11.3 Å². The average Bonchev–Trinajstić information content (AvgIpc) is 2.84. The van der Waals surface area contributed by atoms with E-state index in [1.807, 2.05) is 47.4 Å². The van der Waals surface area contributed by atoms with Gasteiger partial charge < -0.3 is 15.5 Å². The smallest absolute Gasteiger partial charge is 0.253 e. The van der Waals surface area contributed by atoms with Gasteiger partial charge in [0.2, 0.25) is 5.95 Å². The molecule has 0 bridgehead atoms. The Balaban J connectivity index is 0.00000274. The number of rotatable bonds is 3. The van der Waals surface area contributed by atoms with Crippen molar-refractivity contribution < 1.29 is 9.18 Å². The molecule has 174 valence electrons. The summed E-state index contributed by atoms with van der Waals surface area (Å²) in [7, 11) is 0. The topological polar surface area (TPSA) is 88.2 Å². The van der Waals surface area contributed by atoms with Gasteiger partial charge in [-0.05, 0) is 55.5 Å². The van der Waals surface area contributed by atoms with Gasteiger partial charge in [0.1, 0.15) is 11.3 Å². The molecular weight excluding hydrogens is 431 g/mol. The van der Waals surface area contributed by atoms with E-state index in [2.05, 4.69) is 21.8 Å². The van der Waals surface area contributed by atoms with Crippen LogP contribution in [0.3, 0.4) is 0 Å². The van der Waals surface area contributed by atoms with Crippen molar-refractivity contribution in [1.29, 1.82) is 0 Å². The molecule has 1 atom stereocenters. The van der Waals surface area contributed by atoms with E-state index < -0.39 is 0 Å². The third-order valence-electron chi connectivity index (χ3n) is 5.89. The van der Waals surface area contributed by atoms with E-state index in [-0.39, 0.29) is 31.1 Å². The minimum atomic E-state index is -0.298. The van der Waals surface area contributed by atoms with Crippen LogP contribution in [0.2, 0.25) is 0 Å². The first kappa shape index (κ1) is 23.1. The van der Waals surface area contributed by atoms with Crippen LogP contribution in [-0.4, -0.2) is 51.4 Å². The molecule has 0 aliphatic carbocycles. The lowest BCUT2D eigenvalue weighted by Gasteiger charge is -2.40. The molecule has 1 aliphatic rings. The number of nitrogens with zero attached hydrogens (tertiary/aromatic N) is 5. The zero-order chi connectivity index (χ0) is 22.9. The highest BCUT2D eigenvalue weighted by Crippen LogP contribution is 2.29. The number of aromatic nitrogens is 3. The SMILES string of the molecule is C.C[C@@H]1CN(C(=O)c2ccccc2)CCN1c1nc(N)nc2ccc(-c3ccc(F)cc3)nc12. The maximum Gasteiger partial charge on any atom is 0.253 e. The van der Waals surface area contributed by atoms with Crippen molar-refractivity contribution >= 4 is 28.7 Å². The number of nitrogen functional groups attached to an aromatic ring is 1. The van der Waals surface area contributed by atoms with Gasteiger partial charge in [0.25, 0.3) is 5.91 Å². The Bertz CT molecular complexity index is 1310. The highest BCUT2D eigenvalue weighted by atomic mass is 19.1. The molecule has 0 unspecified atom stereocenters. The Labute approximate surface area is 198 Å². The minimum Gasteiger partial charge on any atom is -0.368 e. The number of nitrogens with two attached hydrogens (primary N) is 1. The van der Waals surface area contributed by atoms with Gasteiger partial charge in [0.15, 0.2) is 5.82 Å². The number of fused-ring (bicyclic) bond motifs is 1. The molecule has 1 fully saturated rings. The summed E-state index contributed by atoms with van der Waals surface area (Å²) in [6.45, 7) is 3.75. The van der Waals surface area contributed by atoms with Crippen molar-refractivity contribution in [2.75, 3.05) is 30.3 Å². The van der Waals surface area contributed by atoms with E-state index in [4.69, 9.17) is 10.7 Å². The van der Waals surface area contributed by atoms with Crippen LogP contribution in [0.15, 0.2) is 66.7 Å². The summed E-state index contributed by atoms with van der Waals surface area (Å²) in [5.41, 5.74) is 9.45. The molecule has 0 spiro atoms. The zero-order valence-electron chi connectivity index (χ0n) is 18.1. The summed E-state index contributed by atoms with van der Waals surface area (Å²) in [5, 5.41) is 0. The van der Waals surface area contributed by atoms with Crippen molar-refractivity contribution in [1.82, 2.24) is 19.9 Å². The van der Waals surface area contributed by atoms with E-state index in [1.54, 1.807) is 12.1 Å². The van der Waals surface area contributed by atoms with Crippen LogP contribution in [0.25, 0.3) is 22.3 Å². The third kappa shape index (κ3) is 4.39. The molecule has 2 aromatic heterocycles. The molecule has 3 heterocycles. The molecule has 5 rings (SSSR count). The lowest BCUT2D eigenvalue weighted by molar-refractivity contribution is 0.0726. The van der Waals surface area contributed by atoms with Gasteiger partial charge in [0, 0.05) is 36.8 Å². The van der Waals surface area contributed by atoms with Crippen molar-refractivity contribution in [3.05, 3.63) is 78.1 Å². The zero-order valence-corrected chi connectivity index (χ0v) is 18.1. The van der Waals surface area contributed by atoms with E-state index in [1.165, 1.54) is 12.1 Å². The number of carbonyl (C=O) groups excluding carboxylic acids is 1. The number of halogens is 1. The maximum atomic E-state index is 13.4. The Hall–Kier alpha value is -4.07. The van der Waals surface area contributed by atoms with Crippen molar-refractivity contribution in [3.63, 3.8) is 0 Å². The fraction of sp³-hybridized carbons (Fsp3) is 0.231. The second kappa shape index (κ2) is 9.43.